The van der Waals surface area contributed by atoms with Crippen molar-refractivity contribution in [1.82, 2.24) is 14.1 Å². The van der Waals surface area contributed by atoms with Crippen molar-refractivity contribution in [3.8, 4) is 67.3 Å². The molecule has 0 aliphatic heterocycles. The Morgan fingerprint density at radius 3 is 1.16 bits per heavy atom. The molecule has 3 heterocycles. The smallest absolute Gasteiger partial charge is 0.179 e. The number of rotatable bonds is 7. The zero-order valence-corrected chi connectivity index (χ0v) is 42.0. The number of para-hydroxylation sites is 3. The SMILES string of the molecule is c1ccc([Si](c2ccccc2)(c2ccccc2)c2cccc(-c3cc(-n4c5ccccc5c5ccccc54)nc(-n4c5ccccc5c5c6c(ccc54)-c4ccccc4-c4ccccc4-c4ccccc4-6)c3)c2)cc1. The average Bonchev–Trinajstić information content (AvgIpc) is 4.02. The van der Waals surface area contributed by atoms with E-state index in [1.54, 1.807) is 0 Å². The van der Waals surface area contributed by atoms with Crippen molar-refractivity contribution in [3.63, 3.8) is 0 Å². The summed E-state index contributed by atoms with van der Waals surface area (Å²) in [6.07, 6.45) is 0. The van der Waals surface area contributed by atoms with Gasteiger partial charge in [-0.25, -0.2) is 4.98 Å². The predicted molar refractivity (Wildman–Crippen MR) is 317 cm³/mol. The molecule has 1 aliphatic rings. The maximum atomic E-state index is 5.85. The lowest BCUT2D eigenvalue weighted by molar-refractivity contribution is 1.01. The van der Waals surface area contributed by atoms with E-state index in [0.29, 0.717) is 0 Å². The van der Waals surface area contributed by atoms with Crippen LogP contribution in [0.15, 0.2) is 285 Å². The minimum atomic E-state index is -2.87. The molecular weight excluding hydrogens is 923 g/mol. The molecular formula is C71H47N3Si. The van der Waals surface area contributed by atoms with Gasteiger partial charge in [-0.2, -0.15) is 0 Å². The molecule has 0 fully saturated rings. The normalized spacial score (nSPS) is 12.0. The molecule has 0 N–H and O–H groups in total. The van der Waals surface area contributed by atoms with Crippen molar-refractivity contribution in [3.05, 3.63) is 285 Å². The topological polar surface area (TPSA) is 22.8 Å². The first-order valence-corrected chi connectivity index (χ1v) is 27.9. The monoisotopic (exact) mass is 969 g/mol. The van der Waals surface area contributed by atoms with Crippen molar-refractivity contribution in [1.29, 1.82) is 0 Å². The first kappa shape index (κ1) is 43.0. The second-order valence-electron chi connectivity index (χ2n) is 19.7. The molecule has 0 saturated heterocycles. The first-order valence-electron chi connectivity index (χ1n) is 25.9. The molecule has 0 unspecified atom stereocenters. The average molecular weight is 970 g/mol. The van der Waals surface area contributed by atoms with Crippen LogP contribution in [0.4, 0.5) is 0 Å². The van der Waals surface area contributed by atoms with E-state index in [-0.39, 0.29) is 0 Å². The molecule has 14 aromatic rings. The van der Waals surface area contributed by atoms with E-state index in [1.165, 1.54) is 86.8 Å². The number of aromatic nitrogens is 3. The Morgan fingerprint density at radius 1 is 0.253 bits per heavy atom. The lowest BCUT2D eigenvalue weighted by atomic mass is 9.79. The second-order valence-corrected chi connectivity index (χ2v) is 23.6. The molecule has 0 amide bonds. The van der Waals surface area contributed by atoms with Gasteiger partial charge in [0.1, 0.15) is 11.6 Å². The van der Waals surface area contributed by atoms with E-state index in [2.05, 4.69) is 294 Å². The van der Waals surface area contributed by atoms with Gasteiger partial charge in [-0.1, -0.05) is 249 Å². The molecule has 4 heteroatoms. The predicted octanol–water partition coefficient (Wildman–Crippen LogP) is 15.3. The molecule has 350 valence electrons. The summed E-state index contributed by atoms with van der Waals surface area (Å²) in [5, 5.41) is 10.1. The second kappa shape index (κ2) is 17.3. The number of fused-ring (bicyclic) bond motifs is 15. The van der Waals surface area contributed by atoms with Crippen molar-refractivity contribution in [2.24, 2.45) is 0 Å². The summed E-state index contributed by atoms with van der Waals surface area (Å²) in [6, 6.07) is 106. The van der Waals surface area contributed by atoms with Crippen LogP contribution in [0, 0.1) is 0 Å². The van der Waals surface area contributed by atoms with Gasteiger partial charge in [-0.15, -0.1) is 0 Å². The van der Waals surface area contributed by atoms with Crippen molar-refractivity contribution >= 4 is 72.4 Å². The zero-order chi connectivity index (χ0) is 49.5. The van der Waals surface area contributed by atoms with E-state index in [0.717, 1.165) is 44.8 Å². The Balaban J connectivity index is 1.04. The van der Waals surface area contributed by atoms with Crippen LogP contribution in [0.1, 0.15) is 0 Å². The van der Waals surface area contributed by atoms with Crippen LogP contribution in [0.5, 0.6) is 0 Å². The Bertz CT molecular complexity index is 4380. The van der Waals surface area contributed by atoms with Gasteiger partial charge >= 0.3 is 0 Å². The molecule has 75 heavy (non-hydrogen) atoms. The number of benzene rings is 11. The summed E-state index contributed by atoms with van der Waals surface area (Å²) >= 11 is 0. The standard InChI is InChI=1S/C71H47N3Si/c1-4-24-50(25-5-1)75(51-26-6-2-7-27-51,52-28-8-3-9-29-52)53-30-22-23-48(45-53)49-46-68(73-64-40-19-16-36-59(64)60-37-17-20-41-65(60)73)72-69(47-49)74-66-42-21-18-39-63(66)71-67(74)44-43-62-58-35-13-12-33-56(58)54-31-10-11-32-55(54)57-34-14-15-38-61(57)70(62)71/h1-47H. The highest BCUT2D eigenvalue weighted by Crippen LogP contribution is 2.51. The van der Waals surface area contributed by atoms with Crippen LogP contribution < -0.4 is 20.7 Å². The molecule has 1 aliphatic carbocycles. The molecule has 11 aromatic carbocycles. The van der Waals surface area contributed by atoms with Gasteiger partial charge in [0.2, 0.25) is 0 Å². The molecule has 0 radical (unpaired) electrons. The fourth-order valence-electron chi connectivity index (χ4n) is 12.7. The summed E-state index contributed by atoms with van der Waals surface area (Å²) in [5.41, 5.74) is 16.5. The summed E-state index contributed by atoms with van der Waals surface area (Å²) in [4.78, 5) is 5.85. The molecule has 0 saturated carbocycles. The van der Waals surface area contributed by atoms with Gasteiger partial charge in [-0.05, 0) is 107 Å². The van der Waals surface area contributed by atoms with Gasteiger partial charge in [0.25, 0.3) is 0 Å². The fourth-order valence-corrected chi connectivity index (χ4v) is 17.5. The molecule has 3 aromatic heterocycles. The van der Waals surface area contributed by atoms with E-state index < -0.39 is 8.07 Å². The number of hydrogen-bond acceptors (Lipinski definition) is 1. The highest BCUT2D eigenvalue weighted by molar-refractivity contribution is 7.19. The Kier molecular flexibility index (Phi) is 9.90. The Morgan fingerprint density at radius 2 is 0.640 bits per heavy atom. The van der Waals surface area contributed by atoms with Crippen LogP contribution in [-0.2, 0) is 0 Å². The van der Waals surface area contributed by atoms with Gasteiger partial charge in [0.05, 0.1) is 22.1 Å². The lowest BCUT2D eigenvalue weighted by Crippen LogP contribution is -2.74. The molecule has 0 atom stereocenters. The summed E-state index contributed by atoms with van der Waals surface area (Å²) < 4.78 is 4.79. The summed E-state index contributed by atoms with van der Waals surface area (Å²) in [5.74, 6) is 1.71. The van der Waals surface area contributed by atoms with Gasteiger partial charge in [0, 0.05) is 27.1 Å². The molecule has 0 spiro atoms. The maximum Gasteiger partial charge on any atom is 0.179 e. The third-order valence-corrected chi connectivity index (χ3v) is 20.6. The Labute approximate surface area is 436 Å². The van der Waals surface area contributed by atoms with E-state index in [9.17, 15) is 0 Å². The van der Waals surface area contributed by atoms with E-state index in [1.807, 2.05) is 0 Å². The highest BCUT2D eigenvalue weighted by atomic mass is 28.3. The number of hydrogen-bond donors (Lipinski definition) is 0. The minimum Gasteiger partial charge on any atom is -0.294 e. The van der Waals surface area contributed by atoms with Crippen LogP contribution in [0.25, 0.3) is 111 Å². The van der Waals surface area contributed by atoms with Crippen molar-refractivity contribution in [2.45, 2.75) is 0 Å². The van der Waals surface area contributed by atoms with Crippen molar-refractivity contribution in [2.75, 3.05) is 0 Å². The van der Waals surface area contributed by atoms with Crippen LogP contribution in [0.3, 0.4) is 0 Å². The Hall–Kier alpha value is -9.61. The highest BCUT2D eigenvalue weighted by Gasteiger charge is 2.41. The third-order valence-electron chi connectivity index (χ3n) is 15.8. The summed E-state index contributed by atoms with van der Waals surface area (Å²) in [6.45, 7) is 0. The quantitative estimate of drug-likeness (QED) is 0.115. The first-order chi connectivity index (χ1) is 37.2. The minimum absolute atomic E-state index is 0.850. The van der Waals surface area contributed by atoms with Gasteiger partial charge < -0.3 is 0 Å². The summed E-state index contributed by atoms with van der Waals surface area (Å²) in [7, 11) is -2.87. The lowest BCUT2D eigenvalue weighted by Gasteiger charge is -2.34. The van der Waals surface area contributed by atoms with Gasteiger partial charge in [0.15, 0.2) is 8.07 Å². The van der Waals surface area contributed by atoms with Gasteiger partial charge in [-0.3, -0.25) is 9.13 Å². The van der Waals surface area contributed by atoms with Crippen LogP contribution in [-0.4, -0.2) is 22.2 Å². The third kappa shape index (κ3) is 6.56. The number of pyridine rings is 1. The van der Waals surface area contributed by atoms with Crippen LogP contribution in [0.2, 0.25) is 0 Å². The molecule has 0 bridgehead atoms. The number of nitrogens with zero attached hydrogens (tertiary/aromatic N) is 3. The zero-order valence-electron chi connectivity index (χ0n) is 41.0. The van der Waals surface area contributed by atoms with Crippen molar-refractivity contribution < 1.29 is 0 Å². The van der Waals surface area contributed by atoms with Crippen LogP contribution >= 0.6 is 0 Å². The van der Waals surface area contributed by atoms with E-state index in [4.69, 9.17) is 4.98 Å². The molecule has 15 rings (SSSR count). The van der Waals surface area contributed by atoms with E-state index >= 15 is 0 Å². The largest absolute Gasteiger partial charge is 0.294 e. The fraction of sp³-hybridized carbons (Fsp3) is 0. The molecule has 3 nitrogen and oxygen atoms in total. The maximum absolute atomic E-state index is 5.85.